The number of nitrogens with one attached hydrogen (secondary N) is 1. The van der Waals surface area contributed by atoms with Gasteiger partial charge < -0.3 is 15.3 Å². The predicted molar refractivity (Wildman–Crippen MR) is 71.6 cm³/mol. The Morgan fingerprint density at radius 2 is 2.11 bits per heavy atom. The quantitative estimate of drug-likeness (QED) is 0.827. The van der Waals surface area contributed by atoms with Crippen molar-refractivity contribution in [3.8, 4) is 0 Å². The van der Waals surface area contributed by atoms with Gasteiger partial charge >= 0.3 is 5.97 Å². The molecule has 0 aliphatic carbocycles. The van der Waals surface area contributed by atoms with Crippen LogP contribution in [0, 0.1) is 0 Å². The van der Waals surface area contributed by atoms with Crippen molar-refractivity contribution in [3.63, 3.8) is 0 Å². The summed E-state index contributed by atoms with van der Waals surface area (Å²) in [5.41, 5.74) is 0.910. The number of fused-ring (bicyclic) bond motifs is 1. The van der Waals surface area contributed by atoms with Gasteiger partial charge in [-0.25, -0.2) is 14.8 Å². The van der Waals surface area contributed by atoms with E-state index in [2.05, 4.69) is 20.2 Å². The molecule has 1 saturated heterocycles. The summed E-state index contributed by atoms with van der Waals surface area (Å²) in [5, 5.41) is 13.0. The second kappa shape index (κ2) is 4.81. The zero-order chi connectivity index (χ0) is 13.2. The van der Waals surface area contributed by atoms with Gasteiger partial charge in [0.1, 0.15) is 0 Å². The van der Waals surface area contributed by atoms with Crippen molar-refractivity contribution in [1.82, 2.24) is 15.3 Å². The van der Waals surface area contributed by atoms with Crippen LogP contribution in [0.4, 0.5) is 5.95 Å². The highest BCUT2D eigenvalue weighted by atomic mass is 16.4. The van der Waals surface area contributed by atoms with E-state index >= 15 is 0 Å². The number of benzene rings is 1. The number of hydrogen-bond donors (Lipinski definition) is 2. The largest absolute Gasteiger partial charge is 0.478 e. The molecule has 0 amide bonds. The minimum Gasteiger partial charge on any atom is -0.478 e. The Kier molecular flexibility index (Phi) is 3.00. The fourth-order valence-corrected chi connectivity index (χ4v) is 2.25. The number of carboxylic acids is 1. The van der Waals surface area contributed by atoms with E-state index in [0.29, 0.717) is 16.9 Å². The Balaban J connectivity index is 2.04. The topological polar surface area (TPSA) is 78.3 Å². The summed E-state index contributed by atoms with van der Waals surface area (Å²) in [7, 11) is 0. The molecular formula is C13H14N4O2. The highest BCUT2D eigenvalue weighted by Crippen LogP contribution is 2.19. The molecule has 19 heavy (non-hydrogen) atoms. The van der Waals surface area contributed by atoms with Crippen molar-refractivity contribution >= 4 is 22.8 Å². The zero-order valence-corrected chi connectivity index (χ0v) is 10.3. The van der Waals surface area contributed by atoms with Gasteiger partial charge in [-0.15, -0.1) is 0 Å². The molecule has 2 heterocycles. The maximum absolute atomic E-state index is 11.1. The average molecular weight is 258 g/mol. The molecule has 0 unspecified atom stereocenters. The third kappa shape index (κ3) is 2.22. The lowest BCUT2D eigenvalue weighted by Crippen LogP contribution is -2.44. The van der Waals surface area contributed by atoms with Crippen LogP contribution in [0.5, 0.6) is 0 Å². The predicted octanol–water partition coefficient (Wildman–Crippen LogP) is 0.738. The standard InChI is InChI=1S/C13H14N4O2/c18-12(19)9-2-1-3-11-10(9)8-15-13(16-11)17-6-4-14-5-7-17/h1-3,8,14H,4-7H2,(H,18,19). The van der Waals surface area contributed by atoms with Gasteiger partial charge in [0, 0.05) is 37.8 Å². The minimum atomic E-state index is -0.955. The first-order chi connectivity index (χ1) is 9.25. The molecule has 1 aromatic carbocycles. The molecule has 6 heteroatoms. The fraction of sp³-hybridized carbons (Fsp3) is 0.308. The number of carbonyl (C=O) groups is 1. The first-order valence-electron chi connectivity index (χ1n) is 6.20. The lowest BCUT2D eigenvalue weighted by Gasteiger charge is -2.27. The van der Waals surface area contributed by atoms with Crippen molar-refractivity contribution in [2.24, 2.45) is 0 Å². The molecule has 1 aliphatic heterocycles. The van der Waals surface area contributed by atoms with Gasteiger partial charge in [-0.05, 0) is 12.1 Å². The molecule has 2 aromatic rings. The van der Waals surface area contributed by atoms with Crippen LogP contribution in [-0.4, -0.2) is 47.2 Å². The minimum absolute atomic E-state index is 0.240. The van der Waals surface area contributed by atoms with Gasteiger partial charge in [-0.3, -0.25) is 0 Å². The van der Waals surface area contributed by atoms with E-state index in [1.807, 2.05) is 6.07 Å². The van der Waals surface area contributed by atoms with Gasteiger partial charge in [0.2, 0.25) is 5.95 Å². The molecule has 3 rings (SSSR count). The number of aromatic carboxylic acids is 1. The number of nitrogens with zero attached hydrogens (tertiary/aromatic N) is 3. The van der Waals surface area contributed by atoms with E-state index in [4.69, 9.17) is 5.11 Å². The van der Waals surface area contributed by atoms with Crippen LogP contribution < -0.4 is 10.2 Å². The van der Waals surface area contributed by atoms with E-state index < -0.39 is 5.97 Å². The zero-order valence-electron chi connectivity index (χ0n) is 10.3. The van der Waals surface area contributed by atoms with Crippen LogP contribution in [-0.2, 0) is 0 Å². The Morgan fingerprint density at radius 1 is 1.32 bits per heavy atom. The molecule has 98 valence electrons. The number of piperazine rings is 1. The molecular weight excluding hydrogens is 244 g/mol. The molecule has 1 fully saturated rings. The summed E-state index contributed by atoms with van der Waals surface area (Å²) in [6.45, 7) is 3.56. The molecule has 0 spiro atoms. The third-order valence-corrected chi connectivity index (χ3v) is 3.24. The van der Waals surface area contributed by atoms with Gasteiger partial charge in [-0.1, -0.05) is 6.07 Å². The van der Waals surface area contributed by atoms with E-state index in [1.54, 1.807) is 18.3 Å². The van der Waals surface area contributed by atoms with E-state index in [1.165, 1.54) is 0 Å². The molecule has 2 N–H and O–H groups in total. The SMILES string of the molecule is O=C(O)c1cccc2nc(N3CCNCC3)ncc12. The van der Waals surface area contributed by atoms with Crippen molar-refractivity contribution < 1.29 is 9.90 Å². The van der Waals surface area contributed by atoms with Gasteiger partial charge in [0.25, 0.3) is 0 Å². The smallest absolute Gasteiger partial charge is 0.336 e. The lowest BCUT2D eigenvalue weighted by molar-refractivity contribution is 0.0699. The summed E-state index contributed by atoms with van der Waals surface area (Å²) in [6.07, 6.45) is 1.60. The molecule has 1 aromatic heterocycles. The van der Waals surface area contributed by atoms with E-state index in [9.17, 15) is 4.79 Å². The van der Waals surface area contributed by atoms with Crippen LogP contribution in [0.25, 0.3) is 10.9 Å². The van der Waals surface area contributed by atoms with Crippen molar-refractivity contribution in [2.45, 2.75) is 0 Å². The van der Waals surface area contributed by atoms with Crippen LogP contribution in [0.1, 0.15) is 10.4 Å². The number of aromatic nitrogens is 2. The maximum atomic E-state index is 11.1. The van der Waals surface area contributed by atoms with Crippen molar-refractivity contribution in [1.29, 1.82) is 0 Å². The highest BCUT2D eigenvalue weighted by Gasteiger charge is 2.15. The Hall–Kier alpha value is -2.21. The van der Waals surface area contributed by atoms with Crippen LogP contribution in [0.3, 0.4) is 0 Å². The molecule has 0 bridgehead atoms. The first kappa shape index (κ1) is 11.9. The number of hydrogen-bond acceptors (Lipinski definition) is 5. The maximum Gasteiger partial charge on any atom is 0.336 e. The van der Waals surface area contributed by atoms with Crippen molar-refractivity contribution in [2.75, 3.05) is 31.1 Å². The highest BCUT2D eigenvalue weighted by molar-refractivity contribution is 6.02. The van der Waals surface area contributed by atoms with Crippen LogP contribution >= 0.6 is 0 Å². The molecule has 1 aliphatic rings. The normalized spacial score (nSPS) is 15.7. The molecule has 0 atom stereocenters. The summed E-state index contributed by atoms with van der Waals surface area (Å²) in [5.74, 6) is -0.291. The number of anilines is 1. The summed E-state index contributed by atoms with van der Waals surface area (Å²) in [6, 6.07) is 5.09. The summed E-state index contributed by atoms with van der Waals surface area (Å²) in [4.78, 5) is 22.0. The Morgan fingerprint density at radius 3 is 2.84 bits per heavy atom. The Labute approximate surface area is 110 Å². The van der Waals surface area contributed by atoms with Crippen LogP contribution in [0.15, 0.2) is 24.4 Å². The second-order valence-electron chi connectivity index (χ2n) is 4.45. The molecule has 6 nitrogen and oxygen atoms in total. The molecule has 0 radical (unpaired) electrons. The van der Waals surface area contributed by atoms with Gasteiger partial charge in [-0.2, -0.15) is 0 Å². The first-order valence-corrected chi connectivity index (χ1v) is 6.20. The monoisotopic (exact) mass is 258 g/mol. The van der Waals surface area contributed by atoms with Crippen molar-refractivity contribution in [3.05, 3.63) is 30.0 Å². The number of rotatable bonds is 2. The van der Waals surface area contributed by atoms with E-state index in [-0.39, 0.29) is 5.56 Å². The lowest BCUT2D eigenvalue weighted by atomic mass is 10.1. The van der Waals surface area contributed by atoms with Gasteiger partial charge in [0.15, 0.2) is 0 Å². The number of carboxylic acid groups (broad SMARTS) is 1. The van der Waals surface area contributed by atoms with E-state index in [0.717, 1.165) is 26.2 Å². The fourth-order valence-electron chi connectivity index (χ4n) is 2.25. The summed E-state index contributed by atoms with van der Waals surface area (Å²) >= 11 is 0. The summed E-state index contributed by atoms with van der Waals surface area (Å²) < 4.78 is 0. The third-order valence-electron chi connectivity index (χ3n) is 3.24. The Bertz CT molecular complexity index is 623. The average Bonchev–Trinajstić information content (AvgIpc) is 2.47. The van der Waals surface area contributed by atoms with Gasteiger partial charge in [0.05, 0.1) is 11.1 Å². The molecule has 0 saturated carbocycles. The van der Waals surface area contributed by atoms with Crippen LogP contribution in [0.2, 0.25) is 0 Å². The second-order valence-corrected chi connectivity index (χ2v) is 4.45.